The van der Waals surface area contributed by atoms with Gasteiger partial charge in [-0.05, 0) is 83.6 Å². The van der Waals surface area contributed by atoms with E-state index < -0.39 is 5.82 Å². The lowest BCUT2D eigenvalue weighted by molar-refractivity contribution is 0.433. The van der Waals surface area contributed by atoms with Gasteiger partial charge in [-0.2, -0.15) is 15.5 Å². The summed E-state index contributed by atoms with van der Waals surface area (Å²) >= 11 is 1.40. The Morgan fingerprint density at radius 2 is 1.69 bits per heavy atom. The normalized spacial score (nSPS) is 10.5. The highest BCUT2D eigenvalue weighted by Gasteiger charge is 2.15. The molecule has 0 fully saturated rings. The summed E-state index contributed by atoms with van der Waals surface area (Å²) in [6.45, 7) is 1.88. The van der Waals surface area contributed by atoms with Crippen LogP contribution in [0.15, 0.2) is 72.1 Å². The number of anilines is 2. The van der Waals surface area contributed by atoms with Gasteiger partial charge in [0.1, 0.15) is 4.70 Å². The molecular formula is C27H16FN5OS. The third-order valence-electron chi connectivity index (χ3n) is 5.35. The number of aryl methyl sites for hydroxylation is 1. The van der Waals surface area contributed by atoms with Gasteiger partial charge in [-0.1, -0.05) is 12.1 Å². The van der Waals surface area contributed by atoms with Gasteiger partial charge in [0.05, 0.1) is 28.8 Å². The molecule has 35 heavy (non-hydrogen) atoms. The van der Waals surface area contributed by atoms with Gasteiger partial charge in [0, 0.05) is 5.69 Å². The van der Waals surface area contributed by atoms with E-state index >= 15 is 4.39 Å². The Morgan fingerprint density at radius 1 is 0.914 bits per heavy atom. The molecule has 0 bridgehead atoms. The number of nitrogens with one attached hydrogen (secondary N) is 1. The van der Waals surface area contributed by atoms with E-state index in [9.17, 15) is 0 Å². The summed E-state index contributed by atoms with van der Waals surface area (Å²) < 4.78 is 21.7. The Hall–Kier alpha value is -4.79. The van der Waals surface area contributed by atoms with Gasteiger partial charge in [0.15, 0.2) is 11.6 Å². The zero-order valence-electron chi connectivity index (χ0n) is 18.4. The number of ether oxygens (including phenoxy) is 1. The number of hydrogen-bond donors (Lipinski definition) is 1. The predicted octanol–water partition coefficient (Wildman–Crippen LogP) is 7.09. The Kier molecular flexibility index (Phi) is 5.80. The highest BCUT2D eigenvalue weighted by atomic mass is 32.1. The summed E-state index contributed by atoms with van der Waals surface area (Å²) in [6, 6.07) is 23.0. The summed E-state index contributed by atoms with van der Waals surface area (Å²) in [6.07, 6.45) is 0. The molecule has 5 rings (SSSR count). The maximum atomic E-state index is 15.1. The van der Waals surface area contributed by atoms with Crippen molar-refractivity contribution in [2.75, 3.05) is 5.32 Å². The smallest absolute Gasteiger partial charge is 0.242 e. The molecule has 0 spiro atoms. The predicted molar refractivity (Wildman–Crippen MR) is 133 cm³/mol. The molecular weight excluding hydrogens is 461 g/mol. The van der Waals surface area contributed by atoms with Gasteiger partial charge in [-0.15, -0.1) is 11.3 Å². The first kappa shape index (κ1) is 22.0. The molecule has 0 radical (unpaired) electrons. The maximum absolute atomic E-state index is 15.1. The number of benzene rings is 3. The second-order valence-corrected chi connectivity index (χ2v) is 8.61. The van der Waals surface area contributed by atoms with Crippen molar-refractivity contribution >= 4 is 33.2 Å². The molecule has 6 nitrogen and oxygen atoms in total. The van der Waals surface area contributed by atoms with E-state index in [1.807, 2.05) is 24.4 Å². The van der Waals surface area contributed by atoms with Crippen LogP contribution in [-0.4, -0.2) is 9.97 Å². The summed E-state index contributed by atoms with van der Waals surface area (Å²) in [5.41, 5.74) is 4.88. The molecule has 2 aromatic heterocycles. The van der Waals surface area contributed by atoms with Crippen molar-refractivity contribution in [3.05, 3.63) is 94.6 Å². The van der Waals surface area contributed by atoms with Crippen LogP contribution in [0.5, 0.6) is 11.6 Å². The molecule has 0 unspecified atom stereocenters. The molecule has 0 aliphatic carbocycles. The standard InChI is InChI=1S/C27H16FN5OS/c1-16-12-18(15-30)4-8-21(16)19-5-9-24(22(28)13-19)34-26-25-23(10-11-35-25)32-27(33-26)31-20-6-2-17(14-29)3-7-20/h2-13H,1H3,(H,31,32,33). The van der Waals surface area contributed by atoms with Gasteiger partial charge < -0.3 is 10.1 Å². The summed E-state index contributed by atoms with van der Waals surface area (Å²) in [7, 11) is 0. The van der Waals surface area contributed by atoms with Crippen molar-refractivity contribution in [3.8, 4) is 34.9 Å². The average Bonchev–Trinajstić information content (AvgIpc) is 3.34. The van der Waals surface area contributed by atoms with Crippen molar-refractivity contribution < 1.29 is 9.13 Å². The first-order valence-electron chi connectivity index (χ1n) is 10.5. The SMILES string of the molecule is Cc1cc(C#N)ccc1-c1ccc(Oc2nc(Nc3ccc(C#N)cc3)nc3ccsc23)c(F)c1. The van der Waals surface area contributed by atoms with Crippen LogP contribution in [0, 0.1) is 35.4 Å². The molecule has 0 saturated carbocycles. The van der Waals surface area contributed by atoms with Crippen LogP contribution >= 0.6 is 11.3 Å². The van der Waals surface area contributed by atoms with Gasteiger partial charge in [-0.3, -0.25) is 0 Å². The summed E-state index contributed by atoms with van der Waals surface area (Å²) in [5.74, 6) is 0.0390. The number of aromatic nitrogens is 2. The molecule has 0 amide bonds. The zero-order valence-corrected chi connectivity index (χ0v) is 19.2. The van der Waals surface area contributed by atoms with Crippen LogP contribution in [0.4, 0.5) is 16.0 Å². The molecule has 5 aromatic rings. The number of fused-ring (bicyclic) bond motifs is 1. The molecule has 0 aliphatic rings. The third kappa shape index (κ3) is 4.51. The largest absolute Gasteiger partial charge is 0.434 e. The molecule has 0 aliphatic heterocycles. The first-order valence-corrected chi connectivity index (χ1v) is 11.4. The second kappa shape index (κ2) is 9.22. The molecule has 0 saturated heterocycles. The van der Waals surface area contributed by atoms with Crippen molar-refractivity contribution in [3.63, 3.8) is 0 Å². The summed E-state index contributed by atoms with van der Waals surface area (Å²) in [5, 5.41) is 23.0. The highest BCUT2D eigenvalue weighted by molar-refractivity contribution is 7.17. The number of halogens is 1. The van der Waals surface area contributed by atoms with Crippen LogP contribution in [0.2, 0.25) is 0 Å². The van der Waals surface area contributed by atoms with Gasteiger partial charge in [0.25, 0.3) is 0 Å². The molecule has 3 aromatic carbocycles. The van der Waals surface area contributed by atoms with Crippen LogP contribution in [0.25, 0.3) is 21.3 Å². The van der Waals surface area contributed by atoms with Crippen molar-refractivity contribution in [2.24, 2.45) is 0 Å². The number of rotatable bonds is 5. The first-order chi connectivity index (χ1) is 17.0. The molecule has 168 valence electrons. The second-order valence-electron chi connectivity index (χ2n) is 7.69. The van der Waals surface area contributed by atoms with E-state index in [0.717, 1.165) is 11.1 Å². The van der Waals surface area contributed by atoms with Crippen LogP contribution in [-0.2, 0) is 0 Å². The Bertz CT molecular complexity index is 1650. The van der Waals surface area contributed by atoms with Gasteiger partial charge in [0.2, 0.25) is 11.8 Å². The topological polar surface area (TPSA) is 94.6 Å². The van der Waals surface area contributed by atoms with E-state index in [1.165, 1.54) is 17.4 Å². The number of nitriles is 2. The quantitative estimate of drug-likeness (QED) is 0.290. The fraction of sp³-hybridized carbons (Fsp3) is 0.0370. The Labute approximate surface area is 204 Å². The fourth-order valence-electron chi connectivity index (χ4n) is 3.63. The minimum absolute atomic E-state index is 0.0396. The van der Waals surface area contributed by atoms with E-state index in [0.29, 0.717) is 38.5 Å². The number of thiophene rings is 1. The van der Waals surface area contributed by atoms with Gasteiger partial charge in [-0.25, -0.2) is 9.37 Å². The number of hydrogen-bond acceptors (Lipinski definition) is 7. The van der Waals surface area contributed by atoms with Gasteiger partial charge >= 0.3 is 0 Å². The van der Waals surface area contributed by atoms with E-state index in [1.54, 1.807) is 48.5 Å². The lowest BCUT2D eigenvalue weighted by Gasteiger charge is -2.12. The Balaban J connectivity index is 1.45. The highest BCUT2D eigenvalue weighted by Crippen LogP contribution is 2.35. The average molecular weight is 478 g/mol. The van der Waals surface area contributed by atoms with Crippen molar-refractivity contribution in [1.29, 1.82) is 10.5 Å². The van der Waals surface area contributed by atoms with E-state index in [-0.39, 0.29) is 11.6 Å². The van der Waals surface area contributed by atoms with E-state index in [4.69, 9.17) is 15.3 Å². The molecule has 2 heterocycles. The monoisotopic (exact) mass is 477 g/mol. The fourth-order valence-corrected chi connectivity index (χ4v) is 4.39. The third-order valence-corrected chi connectivity index (χ3v) is 6.24. The van der Waals surface area contributed by atoms with Crippen LogP contribution in [0.3, 0.4) is 0 Å². The zero-order chi connectivity index (χ0) is 24.4. The molecule has 1 N–H and O–H groups in total. The minimum atomic E-state index is -0.531. The van der Waals surface area contributed by atoms with Crippen molar-refractivity contribution in [2.45, 2.75) is 6.92 Å². The van der Waals surface area contributed by atoms with Crippen molar-refractivity contribution in [1.82, 2.24) is 9.97 Å². The lowest BCUT2D eigenvalue weighted by Crippen LogP contribution is -2.00. The number of nitrogens with zero attached hydrogens (tertiary/aromatic N) is 4. The molecule has 8 heteroatoms. The maximum Gasteiger partial charge on any atom is 0.242 e. The summed E-state index contributed by atoms with van der Waals surface area (Å²) in [4.78, 5) is 8.97. The van der Waals surface area contributed by atoms with Crippen LogP contribution in [0.1, 0.15) is 16.7 Å². The minimum Gasteiger partial charge on any atom is -0.434 e. The molecule has 0 atom stereocenters. The van der Waals surface area contributed by atoms with Crippen LogP contribution < -0.4 is 10.1 Å². The lowest BCUT2D eigenvalue weighted by atomic mass is 9.98. The van der Waals surface area contributed by atoms with E-state index in [2.05, 4.69) is 27.4 Å². The Morgan fingerprint density at radius 3 is 2.40 bits per heavy atom.